The smallest absolute Gasteiger partial charge is 0.769 e. The average Bonchev–Trinajstić information content (AvgIpc) is 1.41. The first-order chi connectivity index (χ1) is 2.73. The van der Waals surface area contributed by atoms with Gasteiger partial charge in [-0.1, -0.05) is 0 Å². The van der Waals surface area contributed by atoms with E-state index in [1.54, 1.807) is 0 Å². The Morgan fingerprint density at radius 3 is 1.50 bits per heavy atom. The standard InChI is InChI=1S/CH2O3.ClO.K.Na/c2-1(3)4;1-2;;/h(H2,2,3,4);;;/q;-1;2*+1/p-1. The molecule has 0 aromatic heterocycles. The Labute approximate surface area is 116 Å². The van der Waals surface area contributed by atoms with Gasteiger partial charge >= 0.3 is 80.9 Å². The molecule has 0 aliphatic carbocycles. The third-order valence-electron chi connectivity index (χ3n) is 0. The van der Waals surface area contributed by atoms with Gasteiger partial charge in [0.05, 0.1) is 0 Å². The largest absolute Gasteiger partial charge is 1.00 e. The molecule has 0 amide bonds. The Bertz CT molecular complexity index is 39.0. The molecule has 0 spiro atoms. The van der Waals surface area contributed by atoms with Crippen molar-refractivity contribution in [3.63, 3.8) is 0 Å². The second-order valence-electron chi connectivity index (χ2n) is 0.266. The predicted octanol–water partition coefficient (Wildman–Crippen LogP) is -7.60. The molecule has 0 aliphatic heterocycles. The molecule has 0 unspecified atom stereocenters. The maximum absolute atomic E-state index is 8.44. The Morgan fingerprint density at radius 1 is 1.50 bits per heavy atom. The molecule has 0 radical (unpaired) electrons. The molecular formula is CHClKNaO4. The van der Waals surface area contributed by atoms with Crippen LogP contribution in [0.4, 0.5) is 4.79 Å². The molecule has 0 bridgehead atoms. The minimum absolute atomic E-state index is 0. The summed E-state index contributed by atoms with van der Waals surface area (Å²) in [4.78, 5) is 8.44. The Kier molecular flexibility index (Phi) is 64.3. The molecule has 0 atom stereocenters. The van der Waals surface area contributed by atoms with Crippen molar-refractivity contribution in [2.24, 2.45) is 0 Å². The number of carbonyl (C=O) groups is 1. The molecule has 4 nitrogen and oxygen atoms in total. The van der Waals surface area contributed by atoms with Crippen molar-refractivity contribution >= 4 is 18.0 Å². The summed E-state index contributed by atoms with van der Waals surface area (Å²) in [5.41, 5.74) is 0. The normalized spacial score (nSPS) is 3.75. The summed E-state index contributed by atoms with van der Waals surface area (Å²) in [5, 5.41) is 15.3. The quantitative estimate of drug-likeness (QED) is 0.370. The molecule has 7 heteroatoms. The zero-order valence-electron chi connectivity index (χ0n) is 4.55. The molecule has 0 aromatic carbocycles. The summed E-state index contributed by atoms with van der Waals surface area (Å²) in [7, 11) is 0. The minimum atomic E-state index is -2.08. The van der Waals surface area contributed by atoms with E-state index in [1.807, 2.05) is 0 Å². The molecule has 0 fully saturated rings. The fourth-order valence-corrected chi connectivity index (χ4v) is 0. The van der Waals surface area contributed by atoms with Crippen LogP contribution in [0, 0.1) is 0 Å². The molecule has 0 aliphatic rings. The van der Waals surface area contributed by atoms with Gasteiger partial charge < -0.3 is 19.7 Å². The van der Waals surface area contributed by atoms with E-state index >= 15 is 0 Å². The van der Waals surface area contributed by atoms with Crippen molar-refractivity contribution in [1.82, 2.24) is 0 Å². The molecule has 38 valence electrons. The van der Waals surface area contributed by atoms with Crippen LogP contribution in [-0.2, 0) is 0 Å². The van der Waals surface area contributed by atoms with Crippen LogP contribution < -0.4 is 90.7 Å². The van der Waals surface area contributed by atoms with Crippen LogP contribution in [0.3, 0.4) is 0 Å². The van der Waals surface area contributed by atoms with Crippen molar-refractivity contribution < 1.29 is 101 Å². The van der Waals surface area contributed by atoms with Crippen molar-refractivity contribution in [2.75, 3.05) is 0 Å². The van der Waals surface area contributed by atoms with Crippen LogP contribution in [0.2, 0.25) is 0 Å². The van der Waals surface area contributed by atoms with Crippen LogP contribution in [0.25, 0.3) is 0 Å². The first kappa shape index (κ1) is 22.5. The van der Waals surface area contributed by atoms with E-state index < -0.39 is 6.16 Å². The summed E-state index contributed by atoms with van der Waals surface area (Å²) < 4.78 is 7.72. The van der Waals surface area contributed by atoms with E-state index in [0.717, 1.165) is 0 Å². The second-order valence-corrected chi connectivity index (χ2v) is 0.266. The third-order valence-corrected chi connectivity index (χ3v) is 0. The second kappa shape index (κ2) is 22.9. The molecule has 0 rings (SSSR count). The van der Waals surface area contributed by atoms with Crippen molar-refractivity contribution in [3.8, 4) is 0 Å². The molecule has 0 heterocycles. The summed E-state index contributed by atoms with van der Waals surface area (Å²) in [6, 6.07) is 0. The SMILES string of the molecule is O=C([O-])O.[K+].[Na+].[O-]Cl. The molecule has 0 saturated heterocycles. The maximum Gasteiger partial charge on any atom is 1.00 e. The van der Waals surface area contributed by atoms with E-state index in [1.165, 1.54) is 0 Å². The Balaban J connectivity index is -0.0000000183. The van der Waals surface area contributed by atoms with Gasteiger partial charge in [0.15, 0.2) is 0 Å². The molecule has 8 heavy (non-hydrogen) atoms. The van der Waals surface area contributed by atoms with Crippen LogP contribution in [0.1, 0.15) is 0 Å². The van der Waals surface area contributed by atoms with E-state index in [9.17, 15) is 0 Å². The zero-order chi connectivity index (χ0) is 5.58. The van der Waals surface area contributed by atoms with Gasteiger partial charge in [-0.3, -0.25) is 0 Å². The molecule has 1 N–H and O–H groups in total. The first-order valence-corrected chi connectivity index (χ1v) is 1.09. The summed E-state index contributed by atoms with van der Waals surface area (Å²) in [5.74, 6) is 0. The minimum Gasteiger partial charge on any atom is -0.769 e. The van der Waals surface area contributed by atoms with E-state index in [4.69, 9.17) is 19.7 Å². The molecule has 0 saturated carbocycles. The number of halogens is 1. The van der Waals surface area contributed by atoms with Gasteiger partial charge in [-0.2, -0.15) is 0 Å². The summed E-state index contributed by atoms with van der Waals surface area (Å²) in [6.07, 6.45) is -2.08. The van der Waals surface area contributed by atoms with Crippen LogP contribution in [-0.4, -0.2) is 11.3 Å². The van der Waals surface area contributed by atoms with Crippen molar-refractivity contribution in [2.45, 2.75) is 0 Å². The number of rotatable bonds is 0. The van der Waals surface area contributed by atoms with Crippen LogP contribution in [0.5, 0.6) is 0 Å². The van der Waals surface area contributed by atoms with Crippen LogP contribution in [0.15, 0.2) is 0 Å². The van der Waals surface area contributed by atoms with Gasteiger partial charge in [-0.25, -0.2) is 11.9 Å². The van der Waals surface area contributed by atoms with E-state index in [-0.39, 0.29) is 80.9 Å². The number of hydrogen-bond donors (Lipinski definition) is 1. The molecular weight excluding hydrogens is 174 g/mol. The number of carboxylic acid groups (broad SMARTS) is 2. The summed E-state index contributed by atoms with van der Waals surface area (Å²) >= 11 is 3.39. The van der Waals surface area contributed by atoms with Crippen molar-refractivity contribution in [1.29, 1.82) is 0 Å². The monoisotopic (exact) mass is 174 g/mol. The summed E-state index contributed by atoms with van der Waals surface area (Å²) in [6.45, 7) is 0. The Hall–Kier alpha value is 2.16. The van der Waals surface area contributed by atoms with Gasteiger partial charge in [-0.15, -0.1) is 0 Å². The fourth-order valence-electron chi connectivity index (χ4n) is 0. The van der Waals surface area contributed by atoms with Crippen molar-refractivity contribution in [3.05, 3.63) is 0 Å². The van der Waals surface area contributed by atoms with E-state index in [0.29, 0.717) is 0 Å². The average molecular weight is 175 g/mol. The first-order valence-electron chi connectivity index (χ1n) is 0.786. The zero-order valence-corrected chi connectivity index (χ0v) is 10.4. The van der Waals surface area contributed by atoms with Crippen LogP contribution >= 0.6 is 11.9 Å². The number of hydrogen-bond acceptors (Lipinski definition) is 3. The fraction of sp³-hybridized carbons (Fsp3) is 0. The predicted molar refractivity (Wildman–Crippen MR) is 13.9 cm³/mol. The van der Waals surface area contributed by atoms with E-state index in [2.05, 4.69) is 11.9 Å². The Morgan fingerprint density at radius 2 is 1.50 bits per heavy atom. The maximum atomic E-state index is 8.44. The topological polar surface area (TPSA) is 83.4 Å². The third kappa shape index (κ3) is 89.8. The van der Waals surface area contributed by atoms with Gasteiger partial charge in [0.2, 0.25) is 6.16 Å². The van der Waals surface area contributed by atoms with Gasteiger partial charge in [0.1, 0.15) is 0 Å². The van der Waals surface area contributed by atoms with Gasteiger partial charge in [-0.05, 0) is 0 Å². The molecule has 0 aromatic rings. The van der Waals surface area contributed by atoms with Gasteiger partial charge in [0.25, 0.3) is 0 Å². The van der Waals surface area contributed by atoms with Gasteiger partial charge in [0, 0.05) is 0 Å².